The lowest BCUT2D eigenvalue weighted by Gasteiger charge is -2.03. The van der Waals surface area contributed by atoms with E-state index in [0.717, 1.165) is 19.2 Å². The highest BCUT2D eigenvalue weighted by atomic mass is 127. The minimum atomic E-state index is -3.40. The van der Waals surface area contributed by atoms with Crippen LogP contribution in [-0.2, 0) is 14.8 Å². The number of benzene rings is 1. The van der Waals surface area contributed by atoms with E-state index in [0.29, 0.717) is 11.1 Å². The van der Waals surface area contributed by atoms with Gasteiger partial charge in [-0.25, -0.2) is 17.2 Å². The lowest BCUT2D eigenvalue weighted by Crippen LogP contribution is -2.09. The third kappa shape index (κ3) is 2.24. The maximum absolute atomic E-state index is 11.7. The van der Waals surface area contributed by atoms with Crippen LogP contribution < -0.4 is 0 Å². The first kappa shape index (κ1) is 13.3. The van der Waals surface area contributed by atoms with Crippen molar-refractivity contribution in [1.29, 1.82) is 0 Å². The molecule has 2 aromatic rings. The Labute approximate surface area is 118 Å². The van der Waals surface area contributed by atoms with E-state index in [4.69, 9.17) is 0 Å². The summed E-state index contributed by atoms with van der Waals surface area (Å²) in [5.74, 6) is -0.492. The zero-order chi connectivity index (χ0) is 13.5. The molecule has 0 aliphatic carbocycles. The maximum Gasteiger partial charge on any atom is 0.337 e. The van der Waals surface area contributed by atoms with Gasteiger partial charge in [0.05, 0.1) is 24.4 Å². The minimum Gasteiger partial charge on any atom is -0.465 e. The molecular weight excluding hydrogens is 369 g/mol. The van der Waals surface area contributed by atoms with Crippen LogP contribution in [0.15, 0.2) is 24.4 Å². The van der Waals surface area contributed by atoms with Crippen LogP contribution >= 0.6 is 22.6 Å². The summed E-state index contributed by atoms with van der Waals surface area (Å²) < 4.78 is 29.9. The van der Waals surface area contributed by atoms with Crippen LogP contribution in [0.5, 0.6) is 0 Å². The number of esters is 1. The molecule has 96 valence electrons. The summed E-state index contributed by atoms with van der Waals surface area (Å²) in [6, 6.07) is 4.85. The average Bonchev–Trinajstić information content (AvgIpc) is 2.65. The van der Waals surface area contributed by atoms with Crippen molar-refractivity contribution in [1.82, 2.24) is 3.97 Å². The van der Waals surface area contributed by atoms with Gasteiger partial charge < -0.3 is 4.74 Å². The first-order chi connectivity index (χ1) is 8.34. The summed E-state index contributed by atoms with van der Waals surface area (Å²) in [7, 11) is -2.11. The van der Waals surface area contributed by atoms with Crippen LogP contribution in [0.2, 0.25) is 0 Å². The molecule has 1 heterocycles. The molecule has 0 N–H and O–H groups in total. The van der Waals surface area contributed by atoms with Crippen molar-refractivity contribution >= 4 is 49.5 Å². The van der Waals surface area contributed by atoms with Gasteiger partial charge in [0.15, 0.2) is 0 Å². The Hall–Kier alpha value is -1.09. The van der Waals surface area contributed by atoms with Crippen molar-refractivity contribution in [3.8, 4) is 0 Å². The molecule has 7 heteroatoms. The fourth-order valence-electron chi connectivity index (χ4n) is 1.68. The number of fused-ring (bicyclic) bond motifs is 1. The predicted molar refractivity (Wildman–Crippen MR) is 76.2 cm³/mol. The molecule has 1 aromatic carbocycles. The molecule has 5 nitrogen and oxygen atoms in total. The topological polar surface area (TPSA) is 65.4 Å². The number of methoxy groups -OCH3 is 1. The number of hydrogen-bond acceptors (Lipinski definition) is 4. The summed E-state index contributed by atoms with van der Waals surface area (Å²) in [5.41, 5.74) is 0.800. The Morgan fingerprint density at radius 3 is 2.61 bits per heavy atom. The largest absolute Gasteiger partial charge is 0.465 e. The van der Waals surface area contributed by atoms with E-state index >= 15 is 0 Å². The van der Waals surface area contributed by atoms with Crippen molar-refractivity contribution in [2.45, 2.75) is 0 Å². The van der Waals surface area contributed by atoms with E-state index in [2.05, 4.69) is 27.3 Å². The van der Waals surface area contributed by atoms with Gasteiger partial charge in [-0.2, -0.15) is 0 Å². The molecule has 0 fully saturated rings. The van der Waals surface area contributed by atoms with E-state index in [1.165, 1.54) is 19.4 Å². The number of ether oxygens (including phenoxy) is 1. The van der Waals surface area contributed by atoms with Gasteiger partial charge in [0.25, 0.3) is 0 Å². The number of rotatable bonds is 2. The summed E-state index contributed by atoms with van der Waals surface area (Å²) >= 11 is 2.06. The second-order valence-corrected chi connectivity index (χ2v) is 6.78. The molecule has 0 aliphatic rings. The SMILES string of the molecule is COC(=O)c1ccc2c(I)cn(S(C)(=O)=O)c2c1. The summed E-state index contributed by atoms with van der Waals surface area (Å²) in [5, 5.41) is 0.786. The van der Waals surface area contributed by atoms with Gasteiger partial charge in [-0.1, -0.05) is 6.07 Å². The third-order valence-electron chi connectivity index (χ3n) is 2.50. The first-order valence-corrected chi connectivity index (χ1v) is 7.87. The molecule has 0 atom stereocenters. The molecule has 0 spiro atoms. The summed E-state index contributed by atoms with van der Waals surface area (Å²) in [6.45, 7) is 0. The van der Waals surface area contributed by atoms with Crippen LogP contribution in [0, 0.1) is 3.57 Å². The quantitative estimate of drug-likeness (QED) is 0.590. The molecule has 18 heavy (non-hydrogen) atoms. The normalized spacial score (nSPS) is 11.7. The number of halogens is 1. The van der Waals surface area contributed by atoms with Crippen molar-refractivity contribution in [2.75, 3.05) is 13.4 Å². The zero-order valence-corrected chi connectivity index (χ0v) is 12.6. The Morgan fingerprint density at radius 1 is 1.39 bits per heavy atom. The fraction of sp³-hybridized carbons (Fsp3) is 0.182. The Morgan fingerprint density at radius 2 is 2.06 bits per heavy atom. The standard InChI is InChI=1S/C11H10INO4S/c1-17-11(14)7-3-4-8-9(12)6-13(10(8)5-7)18(2,15)16/h3-6H,1-2H3. The lowest BCUT2D eigenvalue weighted by atomic mass is 10.2. The average molecular weight is 379 g/mol. The highest BCUT2D eigenvalue weighted by Crippen LogP contribution is 2.25. The van der Waals surface area contributed by atoms with E-state index in [9.17, 15) is 13.2 Å². The van der Waals surface area contributed by atoms with E-state index in [1.807, 2.05) is 0 Å². The van der Waals surface area contributed by atoms with Crippen molar-refractivity contribution in [3.63, 3.8) is 0 Å². The smallest absolute Gasteiger partial charge is 0.337 e. The highest BCUT2D eigenvalue weighted by molar-refractivity contribution is 14.1. The van der Waals surface area contributed by atoms with Gasteiger partial charge in [-0.3, -0.25) is 0 Å². The van der Waals surface area contributed by atoms with E-state index in [-0.39, 0.29) is 0 Å². The summed E-state index contributed by atoms with van der Waals surface area (Å²) in [4.78, 5) is 11.4. The highest BCUT2D eigenvalue weighted by Gasteiger charge is 2.15. The lowest BCUT2D eigenvalue weighted by molar-refractivity contribution is 0.0601. The van der Waals surface area contributed by atoms with Crippen LogP contribution in [0.4, 0.5) is 0 Å². The third-order valence-corrected chi connectivity index (χ3v) is 4.38. The molecule has 0 unspecified atom stereocenters. The van der Waals surface area contributed by atoms with Gasteiger partial charge in [0, 0.05) is 15.2 Å². The second-order valence-electron chi connectivity index (χ2n) is 3.76. The molecule has 0 bridgehead atoms. The van der Waals surface area contributed by atoms with E-state index in [1.54, 1.807) is 12.1 Å². The van der Waals surface area contributed by atoms with Crippen molar-refractivity contribution in [2.24, 2.45) is 0 Å². The molecule has 0 aliphatic heterocycles. The van der Waals surface area contributed by atoms with Gasteiger partial charge in [-0.15, -0.1) is 0 Å². The van der Waals surface area contributed by atoms with Crippen LogP contribution in [0.25, 0.3) is 10.9 Å². The van der Waals surface area contributed by atoms with Gasteiger partial charge in [-0.05, 0) is 34.7 Å². The van der Waals surface area contributed by atoms with E-state index < -0.39 is 16.0 Å². The van der Waals surface area contributed by atoms with Crippen LogP contribution in [0.3, 0.4) is 0 Å². The first-order valence-electron chi connectivity index (χ1n) is 4.94. The minimum absolute atomic E-state index is 0.324. The van der Waals surface area contributed by atoms with Gasteiger partial charge in [0.1, 0.15) is 0 Å². The zero-order valence-electron chi connectivity index (χ0n) is 9.68. The second kappa shape index (κ2) is 4.54. The summed E-state index contributed by atoms with van der Waals surface area (Å²) in [6.07, 6.45) is 2.65. The number of carbonyl (C=O) groups excluding carboxylic acids is 1. The number of hydrogen-bond donors (Lipinski definition) is 0. The Balaban J connectivity index is 2.79. The van der Waals surface area contributed by atoms with Crippen LogP contribution in [-0.4, -0.2) is 31.7 Å². The van der Waals surface area contributed by atoms with Gasteiger partial charge >= 0.3 is 5.97 Å². The molecule has 0 radical (unpaired) electrons. The molecule has 0 amide bonds. The Kier molecular flexibility index (Phi) is 3.37. The van der Waals surface area contributed by atoms with Gasteiger partial charge in [0.2, 0.25) is 10.0 Å². The predicted octanol–water partition coefficient (Wildman–Crippen LogP) is 1.84. The van der Waals surface area contributed by atoms with Crippen LogP contribution in [0.1, 0.15) is 10.4 Å². The molecule has 0 saturated heterocycles. The van der Waals surface area contributed by atoms with Crippen molar-refractivity contribution < 1.29 is 17.9 Å². The molecule has 2 rings (SSSR count). The van der Waals surface area contributed by atoms with Crippen molar-refractivity contribution in [3.05, 3.63) is 33.5 Å². The number of nitrogens with zero attached hydrogens (tertiary/aromatic N) is 1. The monoisotopic (exact) mass is 379 g/mol. The maximum atomic E-state index is 11.7. The molecule has 1 aromatic heterocycles. The molecular formula is C11H10INO4S. The Bertz CT molecular complexity index is 733. The molecule has 0 saturated carbocycles. The number of aromatic nitrogens is 1. The number of carbonyl (C=O) groups is 1. The fourth-order valence-corrected chi connectivity index (χ4v) is 3.41.